The van der Waals surface area contributed by atoms with E-state index in [-0.39, 0.29) is 18.5 Å². The molecule has 1 aromatic carbocycles. The normalized spacial score (nSPS) is 13.1. The molecule has 0 spiro atoms. The lowest BCUT2D eigenvalue weighted by Crippen LogP contribution is -2.87. The molecule has 2 rings (SSSR count). The van der Waals surface area contributed by atoms with Crippen LogP contribution in [-0.2, 0) is 9.53 Å². The molecule has 0 aliphatic heterocycles. The molecular formula is C19H25N2O3S+. The van der Waals surface area contributed by atoms with E-state index in [0.29, 0.717) is 5.92 Å². The number of ether oxygens (including phenoxy) is 1. The highest BCUT2D eigenvalue weighted by atomic mass is 32.1. The molecule has 2 amide bonds. The van der Waals surface area contributed by atoms with Gasteiger partial charge in [0.25, 0.3) is 5.91 Å². The zero-order valence-electron chi connectivity index (χ0n) is 14.8. The Balaban J connectivity index is 2.11. The minimum atomic E-state index is -0.732. The Morgan fingerprint density at radius 3 is 2.44 bits per heavy atom. The van der Waals surface area contributed by atoms with Gasteiger partial charge in [-0.25, -0.2) is 4.79 Å². The van der Waals surface area contributed by atoms with Gasteiger partial charge in [0.1, 0.15) is 6.04 Å². The van der Waals surface area contributed by atoms with Crippen LogP contribution >= 0.6 is 11.3 Å². The number of carbonyl (C=O) groups is 2. The Hall–Kier alpha value is -2.18. The molecule has 0 bridgehead atoms. The van der Waals surface area contributed by atoms with E-state index in [1.54, 1.807) is 11.3 Å². The van der Waals surface area contributed by atoms with Crippen molar-refractivity contribution in [3.8, 4) is 0 Å². The van der Waals surface area contributed by atoms with Crippen molar-refractivity contribution in [2.24, 2.45) is 0 Å². The van der Waals surface area contributed by atoms with Crippen LogP contribution in [0.3, 0.4) is 0 Å². The first-order valence-electron chi connectivity index (χ1n) is 8.39. The summed E-state index contributed by atoms with van der Waals surface area (Å²) in [6.07, 6.45) is 0.372. The van der Waals surface area contributed by atoms with Crippen molar-refractivity contribution in [1.82, 2.24) is 5.32 Å². The van der Waals surface area contributed by atoms with Crippen molar-refractivity contribution in [2.75, 3.05) is 13.7 Å². The summed E-state index contributed by atoms with van der Waals surface area (Å²) in [5.41, 5.74) is 2.46. The number of alkyl carbamates (subject to hydrolysis) is 1. The van der Waals surface area contributed by atoms with Crippen LogP contribution in [0.1, 0.15) is 48.2 Å². The highest BCUT2D eigenvalue weighted by Gasteiger charge is 2.21. The SMILES string of the molecule is CC[C@@H](C)c1ccc([C@H]([NH2+]CC(=O)NC(=O)OC)c2cccs2)cc1. The van der Waals surface area contributed by atoms with Gasteiger partial charge in [-0.3, -0.25) is 10.1 Å². The van der Waals surface area contributed by atoms with Crippen LogP contribution in [0.4, 0.5) is 4.79 Å². The summed E-state index contributed by atoms with van der Waals surface area (Å²) in [5, 5.41) is 6.14. The van der Waals surface area contributed by atoms with E-state index in [9.17, 15) is 9.59 Å². The van der Waals surface area contributed by atoms with Gasteiger partial charge in [0.05, 0.1) is 12.0 Å². The predicted octanol–water partition coefficient (Wildman–Crippen LogP) is 2.80. The number of nitrogens with two attached hydrogens (primary N) is 1. The zero-order chi connectivity index (χ0) is 18.2. The van der Waals surface area contributed by atoms with Crippen molar-refractivity contribution >= 4 is 23.3 Å². The maximum Gasteiger partial charge on any atom is 0.413 e. The highest BCUT2D eigenvalue weighted by Crippen LogP contribution is 2.25. The average molecular weight is 361 g/mol. The Labute approximate surface area is 152 Å². The Kier molecular flexibility index (Phi) is 7.16. The number of nitrogens with one attached hydrogen (secondary N) is 1. The number of rotatable bonds is 7. The molecule has 6 heteroatoms. The van der Waals surface area contributed by atoms with E-state index >= 15 is 0 Å². The van der Waals surface area contributed by atoms with Crippen molar-refractivity contribution in [3.63, 3.8) is 0 Å². The Bertz CT molecular complexity index is 683. The van der Waals surface area contributed by atoms with E-state index in [1.807, 2.05) is 16.8 Å². The minimum Gasteiger partial charge on any atom is -0.453 e. The monoisotopic (exact) mass is 361 g/mol. The first-order chi connectivity index (χ1) is 12.0. The van der Waals surface area contributed by atoms with Crippen LogP contribution in [0.15, 0.2) is 41.8 Å². The molecule has 2 aromatic rings. The van der Waals surface area contributed by atoms with Crippen LogP contribution in [0.2, 0.25) is 0 Å². The van der Waals surface area contributed by atoms with E-state index < -0.39 is 6.09 Å². The van der Waals surface area contributed by atoms with Crippen LogP contribution in [0, 0.1) is 0 Å². The lowest BCUT2D eigenvalue weighted by Gasteiger charge is -2.16. The number of benzene rings is 1. The number of hydrogen-bond donors (Lipinski definition) is 2. The summed E-state index contributed by atoms with van der Waals surface area (Å²) >= 11 is 1.66. The molecule has 1 aromatic heterocycles. The second kappa shape index (κ2) is 9.34. The van der Waals surface area contributed by atoms with E-state index in [0.717, 1.165) is 12.0 Å². The fourth-order valence-electron chi connectivity index (χ4n) is 2.59. The third-order valence-corrected chi connectivity index (χ3v) is 5.25. The highest BCUT2D eigenvalue weighted by molar-refractivity contribution is 7.10. The number of amides is 2. The van der Waals surface area contributed by atoms with Gasteiger partial charge in [-0.2, -0.15) is 0 Å². The van der Waals surface area contributed by atoms with Crippen LogP contribution in [-0.4, -0.2) is 25.7 Å². The van der Waals surface area contributed by atoms with Crippen LogP contribution < -0.4 is 10.6 Å². The maximum absolute atomic E-state index is 11.9. The van der Waals surface area contributed by atoms with Gasteiger partial charge in [0.2, 0.25) is 0 Å². The molecule has 0 radical (unpaired) electrons. The van der Waals surface area contributed by atoms with Crippen molar-refractivity contribution in [1.29, 1.82) is 0 Å². The van der Waals surface area contributed by atoms with Crippen molar-refractivity contribution in [3.05, 3.63) is 57.8 Å². The first kappa shape index (κ1) is 19.1. The largest absolute Gasteiger partial charge is 0.453 e. The summed E-state index contributed by atoms with van der Waals surface area (Å²) in [4.78, 5) is 24.2. The summed E-state index contributed by atoms with van der Waals surface area (Å²) in [7, 11) is 1.24. The fourth-order valence-corrected chi connectivity index (χ4v) is 3.44. The van der Waals surface area contributed by atoms with Gasteiger partial charge in [0, 0.05) is 5.56 Å². The summed E-state index contributed by atoms with van der Waals surface area (Å²) < 4.78 is 4.45. The molecule has 25 heavy (non-hydrogen) atoms. The molecule has 0 saturated carbocycles. The third-order valence-electron chi connectivity index (χ3n) is 4.29. The van der Waals surface area contributed by atoms with E-state index in [4.69, 9.17) is 0 Å². The molecule has 3 N–H and O–H groups in total. The lowest BCUT2D eigenvalue weighted by atomic mass is 9.95. The molecule has 5 nitrogen and oxygen atoms in total. The van der Waals surface area contributed by atoms with Gasteiger partial charge in [-0.05, 0) is 29.3 Å². The minimum absolute atomic E-state index is 0.0226. The van der Waals surface area contributed by atoms with Gasteiger partial charge in [0.15, 0.2) is 6.54 Å². The quantitative estimate of drug-likeness (QED) is 0.796. The molecule has 2 atom stereocenters. The molecule has 0 saturated heterocycles. The number of hydrogen-bond acceptors (Lipinski definition) is 4. The number of methoxy groups -OCH3 is 1. The summed E-state index contributed by atoms with van der Waals surface area (Å²) in [5.74, 6) is 0.161. The molecule has 1 heterocycles. The summed E-state index contributed by atoms with van der Waals surface area (Å²) in [6, 6.07) is 12.7. The fraction of sp³-hybridized carbons (Fsp3) is 0.368. The topological polar surface area (TPSA) is 72.0 Å². The average Bonchev–Trinajstić information content (AvgIpc) is 3.16. The van der Waals surface area contributed by atoms with Gasteiger partial charge in [-0.15, -0.1) is 11.3 Å². The van der Waals surface area contributed by atoms with Gasteiger partial charge < -0.3 is 10.1 Å². The second-order valence-corrected chi connectivity index (χ2v) is 6.93. The maximum atomic E-state index is 11.9. The van der Waals surface area contributed by atoms with Gasteiger partial charge >= 0.3 is 6.09 Å². The Morgan fingerprint density at radius 1 is 1.20 bits per heavy atom. The molecule has 0 fully saturated rings. The molecule has 134 valence electrons. The number of carbonyl (C=O) groups excluding carboxylic acids is 2. The van der Waals surface area contributed by atoms with Crippen molar-refractivity contribution < 1.29 is 19.6 Å². The standard InChI is InChI=1S/C19H24N2O3S/c1-4-13(2)14-7-9-15(10-8-14)18(16-6-5-11-25-16)20-12-17(22)21-19(23)24-3/h5-11,13,18,20H,4,12H2,1-3H3,(H,21,22,23)/p+1/t13-,18+/m1/s1. The van der Waals surface area contributed by atoms with Crippen LogP contribution in [0.25, 0.3) is 0 Å². The predicted molar refractivity (Wildman–Crippen MR) is 98.7 cm³/mol. The number of quaternary nitrogens is 1. The summed E-state index contributed by atoms with van der Waals surface area (Å²) in [6.45, 7) is 4.54. The smallest absolute Gasteiger partial charge is 0.413 e. The van der Waals surface area contributed by atoms with E-state index in [1.165, 1.54) is 17.6 Å². The number of thiophene rings is 1. The number of imide groups is 1. The van der Waals surface area contributed by atoms with E-state index in [2.05, 4.69) is 54.2 Å². The second-order valence-electron chi connectivity index (χ2n) is 5.95. The van der Waals surface area contributed by atoms with Gasteiger partial charge in [-0.1, -0.05) is 44.2 Å². The molecule has 0 aliphatic carbocycles. The van der Waals surface area contributed by atoms with Crippen LogP contribution in [0.5, 0.6) is 0 Å². The Morgan fingerprint density at radius 2 is 1.88 bits per heavy atom. The molecule has 0 aliphatic rings. The first-order valence-corrected chi connectivity index (χ1v) is 9.27. The lowest BCUT2D eigenvalue weighted by molar-refractivity contribution is -0.676. The third kappa shape index (κ3) is 5.41. The zero-order valence-corrected chi connectivity index (χ0v) is 15.6. The molecule has 0 unspecified atom stereocenters. The molecular weight excluding hydrogens is 336 g/mol. The van der Waals surface area contributed by atoms with Crippen molar-refractivity contribution in [2.45, 2.75) is 32.2 Å².